The molecule has 0 saturated carbocycles. The van der Waals surface area contributed by atoms with Crippen LogP contribution in [-0.2, 0) is 10.0 Å². The molecule has 118 valence electrons. The molecule has 1 saturated heterocycles. The minimum absolute atomic E-state index is 0.133. The lowest BCUT2D eigenvalue weighted by atomic mass is 9.83. The predicted molar refractivity (Wildman–Crippen MR) is 83.9 cm³/mol. The molecule has 1 aliphatic heterocycles. The largest absolute Gasteiger partial charge is 0.386 e. The van der Waals surface area contributed by atoms with Crippen molar-refractivity contribution >= 4 is 15.7 Å². The van der Waals surface area contributed by atoms with Gasteiger partial charge < -0.3 is 10.0 Å². The number of benzene rings is 1. The van der Waals surface area contributed by atoms with Crippen molar-refractivity contribution in [2.75, 3.05) is 18.0 Å². The summed E-state index contributed by atoms with van der Waals surface area (Å²) in [5.41, 5.74) is 0.299. The summed E-state index contributed by atoms with van der Waals surface area (Å²) in [4.78, 5) is 2.31. The standard InChI is InChI=1S/C15H24N2O3S/c1-11(2)15(18)9-17(10-15)13-5-7-14(8-6-13)21(19,20)16-12(3)4/h5-8,11-12,16,18H,9-10H2,1-4H3. The molecule has 0 bridgehead atoms. The van der Waals surface area contributed by atoms with Gasteiger partial charge in [-0.2, -0.15) is 0 Å². The summed E-state index contributed by atoms with van der Waals surface area (Å²) < 4.78 is 26.6. The summed E-state index contributed by atoms with van der Waals surface area (Å²) in [6.07, 6.45) is 0. The van der Waals surface area contributed by atoms with E-state index in [0.717, 1.165) is 5.69 Å². The number of sulfonamides is 1. The van der Waals surface area contributed by atoms with Gasteiger partial charge in [-0.15, -0.1) is 0 Å². The second kappa shape index (κ2) is 5.59. The minimum atomic E-state index is -3.44. The molecule has 1 heterocycles. The summed E-state index contributed by atoms with van der Waals surface area (Å²) in [6, 6.07) is 6.65. The molecule has 6 heteroatoms. The van der Waals surface area contributed by atoms with E-state index in [4.69, 9.17) is 0 Å². The van der Waals surface area contributed by atoms with E-state index in [-0.39, 0.29) is 16.9 Å². The lowest BCUT2D eigenvalue weighted by Gasteiger charge is -2.50. The van der Waals surface area contributed by atoms with Crippen molar-refractivity contribution < 1.29 is 13.5 Å². The molecule has 0 unspecified atom stereocenters. The van der Waals surface area contributed by atoms with Crippen molar-refractivity contribution in [3.05, 3.63) is 24.3 Å². The molecule has 2 N–H and O–H groups in total. The van der Waals surface area contributed by atoms with Gasteiger partial charge in [0.25, 0.3) is 0 Å². The van der Waals surface area contributed by atoms with Crippen LogP contribution in [0.2, 0.25) is 0 Å². The Labute approximate surface area is 127 Å². The molecule has 5 nitrogen and oxygen atoms in total. The first-order chi connectivity index (χ1) is 9.64. The lowest BCUT2D eigenvalue weighted by Crippen LogP contribution is -2.64. The Hall–Kier alpha value is -1.11. The topological polar surface area (TPSA) is 69.6 Å². The fraction of sp³-hybridized carbons (Fsp3) is 0.600. The highest BCUT2D eigenvalue weighted by atomic mass is 32.2. The zero-order chi connectivity index (χ0) is 15.8. The molecule has 1 aliphatic rings. The van der Waals surface area contributed by atoms with Gasteiger partial charge in [-0.1, -0.05) is 13.8 Å². The molecule has 0 aliphatic carbocycles. The maximum absolute atomic E-state index is 12.0. The molecule has 0 atom stereocenters. The summed E-state index contributed by atoms with van der Waals surface area (Å²) in [7, 11) is -3.44. The van der Waals surface area contributed by atoms with Crippen LogP contribution < -0.4 is 9.62 Å². The van der Waals surface area contributed by atoms with E-state index in [0.29, 0.717) is 13.1 Å². The van der Waals surface area contributed by atoms with Gasteiger partial charge in [0.1, 0.15) is 5.60 Å². The maximum atomic E-state index is 12.0. The average molecular weight is 312 g/mol. The van der Waals surface area contributed by atoms with Gasteiger partial charge in [0.05, 0.1) is 4.90 Å². The number of nitrogens with one attached hydrogen (secondary N) is 1. The third-order valence-electron chi connectivity index (χ3n) is 3.91. The van der Waals surface area contributed by atoms with Crippen LogP contribution in [0.1, 0.15) is 27.7 Å². The average Bonchev–Trinajstić information content (AvgIpc) is 2.33. The van der Waals surface area contributed by atoms with Gasteiger partial charge in [-0.3, -0.25) is 0 Å². The van der Waals surface area contributed by atoms with Crippen LogP contribution in [-0.4, -0.2) is 38.3 Å². The van der Waals surface area contributed by atoms with Crippen LogP contribution in [0.25, 0.3) is 0 Å². The first kappa shape index (κ1) is 16.3. The number of nitrogens with zero attached hydrogens (tertiary/aromatic N) is 1. The van der Waals surface area contributed by atoms with E-state index in [1.54, 1.807) is 38.1 Å². The number of rotatable bonds is 5. The Balaban J connectivity index is 2.08. The fourth-order valence-electron chi connectivity index (χ4n) is 2.38. The van der Waals surface area contributed by atoms with E-state index in [1.807, 2.05) is 18.7 Å². The smallest absolute Gasteiger partial charge is 0.240 e. The minimum Gasteiger partial charge on any atom is -0.386 e. The van der Waals surface area contributed by atoms with Crippen LogP contribution in [0.15, 0.2) is 29.2 Å². The first-order valence-electron chi connectivity index (χ1n) is 7.24. The highest BCUT2D eigenvalue weighted by Crippen LogP contribution is 2.33. The highest BCUT2D eigenvalue weighted by Gasteiger charge is 2.43. The van der Waals surface area contributed by atoms with Crippen molar-refractivity contribution in [3.8, 4) is 0 Å². The zero-order valence-corrected chi connectivity index (χ0v) is 13.8. The molecule has 2 rings (SSSR count). The number of aliphatic hydroxyl groups is 1. The second-order valence-corrected chi connectivity index (χ2v) is 8.10. The highest BCUT2D eigenvalue weighted by molar-refractivity contribution is 7.89. The van der Waals surface area contributed by atoms with Crippen LogP contribution >= 0.6 is 0 Å². The van der Waals surface area contributed by atoms with Crippen molar-refractivity contribution in [1.82, 2.24) is 4.72 Å². The van der Waals surface area contributed by atoms with E-state index < -0.39 is 15.6 Å². The Kier molecular flexibility index (Phi) is 4.33. The lowest BCUT2D eigenvalue weighted by molar-refractivity contribution is -0.0300. The summed E-state index contributed by atoms with van der Waals surface area (Å²) in [6.45, 7) is 8.76. The van der Waals surface area contributed by atoms with Gasteiger partial charge in [-0.05, 0) is 44.0 Å². The molecule has 1 aromatic carbocycles. The predicted octanol–water partition coefficient (Wildman–Crippen LogP) is 1.58. The van der Waals surface area contributed by atoms with Gasteiger partial charge in [0.2, 0.25) is 10.0 Å². The number of hydrogen-bond acceptors (Lipinski definition) is 4. The Morgan fingerprint density at radius 2 is 1.67 bits per heavy atom. The first-order valence-corrected chi connectivity index (χ1v) is 8.72. The Morgan fingerprint density at radius 1 is 1.14 bits per heavy atom. The normalized spacial score (nSPS) is 18.1. The van der Waals surface area contributed by atoms with Gasteiger partial charge in [0.15, 0.2) is 0 Å². The van der Waals surface area contributed by atoms with Crippen molar-refractivity contribution in [2.24, 2.45) is 5.92 Å². The van der Waals surface area contributed by atoms with Gasteiger partial charge in [-0.25, -0.2) is 13.1 Å². The monoisotopic (exact) mass is 312 g/mol. The van der Waals surface area contributed by atoms with Crippen molar-refractivity contribution in [3.63, 3.8) is 0 Å². The fourth-order valence-corrected chi connectivity index (χ4v) is 3.63. The van der Waals surface area contributed by atoms with E-state index in [9.17, 15) is 13.5 Å². The van der Waals surface area contributed by atoms with Crippen molar-refractivity contribution in [1.29, 1.82) is 0 Å². The third-order valence-corrected chi connectivity index (χ3v) is 5.58. The summed E-state index contributed by atoms with van der Waals surface area (Å²) >= 11 is 0. The van der Waals surface area contributed by atoms with Crippen LogP contribution in [0.5, 0.6) is 0 Å². The zero-order valence-electron chi connectivity index (χ0n) is 13.0. The molecule has 1 fully saturated rings. The number of anilines is 1. The maximum Gasteiger partial charge on any atom is 0.240 e. The molecule has 0 amide bonds. The molecular weight excluding hydrogens is 288 g/mol. The van der Waals surface area contributed by atoms with Gasteiger partial charge in [0, 0.05) is 24.8 Å². The van der Waals surface area contributed by atoms with Crippen LogP contribution in [0.3, 0.4) is 0 Å². The number of β-amino-alcohol motifs (C(OH)–C–C–N with tert-alkyl or cyclic N) is 1. The van der Waals surface area contributed by atoms with Crippen LogP contribution in [0.4, 0.5) is 5.69 Å². The summed E-state index contributed by atoms with van der Waals surface area (Å²) in [5, 5.41) is 10.3. The molecule has 21 heavy (non-hydrogen) atoms. The summed E-state index contributed by atoms with van der Waals surface area (Å²) in [5.74, 6) is 0.212. The van der Waals surface area contributed by atoms with Crippen LogP contribution in [0, 0.1) is 5.92 Å². The van der Waals surface area contributed by atoms with Crippen molar-refractivity contribution in [2.45, 2.75) is 44.2 Å². The molecule has 0 spiro atoms. The van der Waals surface area contributed by atoms with Gasteiger partial charge >= 0.3 is 0 Å². The Bertz CT molecular complexity index is 588. The third kappa shape index (κ3) is 3.39. The van der Waals surface area contributed by atoms with E-state index >= 15 is 0 Å². The molecule has 0 radical (unpaired) electrons. The van der Waals surface area contributed by atoms with E-state index in [1.165, 1.54) is 0 Å². The number of hydrogen-bond donors (Lipinski definition) is 2. The van der Waals surface area contributed by atoms with E-state index in [2.05, 4.69) is 4.72 Å². The molecule has 0 aromatic heterocycles. The second-order valence-electron chi connectivity index (χ2n) is 6.38. The quantitative estimate of drug-likeness (QED) is 0.866. The molecular formula is C15H24N2O3S. The Morgan fingerprint density at radius 3 is 2.10 bits per heavy atom. The SMILES string of the molecule is CC(C)NS(=O)(=O)c1ccc(N2CC(O)(C(C)C)C2)cc1. The molecule has 1 aromatic rings.